The van der Waals surface area contributed by atoms with Gasteiger partial charge in [0.15, 0.2) is 0 Å². The van der Waals surface area contributed by atoms with Crippen molar-refractivity contribution in [3.8, 4) is 5.75 Å². The van der Waals surface area contributed by atoms with Gasteiger partial charge in [-0.1, -0.05) is 18.9 Å². The van der Waals surface area contributed by atoms with E-state index >= 15 is 0 Å². The summed E-state index contributed by atoms with van der Waals surface area (Å²) in [6.07, 6.45) is 8.68. The first kappa shape index (κ1) is 14.9. The maximum atomic E-state index is 5.60. The van der Waals surface area contributed by atoms with Gasteiger partial charge in [-0.3, -0.25) is 0 Å². The van der Waals surface area contributed by atoms with E-state index in [0.717, 1.165) is 29.6 Å². The Morgan fingerprint density at radius 3 is 2.63 bits per heavy atom. The van der Waals surface area contributed by atoms with Crippen LogP contribution in [0.25, 0.3) is 0 Å². The van der Waals surface area contributed by atoms with Crippen LogP contribution in [-0.2, 0) is 6.42 Å². The molecule has 1 aliphatic rings. The second-order valence-corrected chi connectivity index (χ2v) is 6.28. The zero-order valence-corrected chi connectivity index (χ0v) is 13.3. The molecule has 0 radical (unpaired) electrons. The molecule has 2 rings (SSSR count). The van der Waals surface area contributed by atoms with Crippen LogP contribution in [0, 0.1) is 0 Å². The van der Waals surface area contributed by atoms with Gasteiger partial charge in [0.1, 0.15) is 5.75 Å². The van der Waals surface area contributed by atoms with Gasteiger partial charge in [0, 0.05) is 0 Å². The maximum Gasteiger partial charge on any atom is 0.136 e. The van der Waals surface area contributed by atoms with Crippen molar-refractivity contribution in [3.63, 3.8) is 0 Å². The van der Waals surface area contributed by atoms with Gasteiger partial charge in [0.05, 0.1) is 11.6 Å². The molecule has 0 saturated heterocycles. The summed E-state index contributed by atoms with van der Waals surface area (Å²) in [5, 5.41) is 0. The molecule has 0 bridgehead atoms. The molecule has 1 aromatic carbocycles. The van der Waals surface area contributed by atoms with Gasteiger partial charge in [0.2, 0.25) is 0 Å². The van der Waals surface area contributed by atoms with Gasteiger partial charge in [-0.15, -0.1) is 0 Å². The highest BCUT2D eigenvalue weighted by Crippen LogP contribution is 2.42. The molecule has 0 unspecified atom stereocenters. The minimum absolute atomic E-state index is 0.681. The third-order valence-electron chi connectivity index (χ3n) is 4.05. The summed E-state index contributed by atoms with van der Waals surface area (Å²) in [5.74, 6) is 1.72. The highest BCUT2D eigenvalue weighted by Gasteiger charge is 2.22. The van der Waals surface area contributed by atoms with Gasteiger partial charge >= 0.3 is 0 Å². The average Bonchev–Trinajstić information content (AvgIpc) is 2.92. The molecule has 2 nitrogen and oxygen atoms in total. The van der Waals surface area contributed by atoms with Crippen LogP contribution >= 0.6 is 15.9 Å². The first-order valence-electron chi connectivity index (χ1n) is 7.32. The summed E-state index contributed by atoms with van der Waals surface area (Å²) in [5.41, 5.74) is 8.37. The number of ether oxygens (including phenoxy) is 1. The number of aryl methyl sites for hydroxylation is 1. The second kappa shape index (κ2) is 7.30. The van der Waals surface area contributed by atoms with Crippen molar-refractivity contribution in [1.82, 2.24) is 0 Å². The van der Waals surface area contributed by atoms with E-state index < -0.39 is 0 Å². The first-order valence-corrected chi connectivity index (χ1v) is 8.12. The Morgan fingerprint density at radius 1 is 1.26 bits per heavy atom. The van der Waals surface area contributed by atoms with Gasteiger partial charge in [-0.25, -0.2) is 0 Å². The molecule has 2 N–H and O–H groups in total. The number of hydrogen-bond acceptors (Lipinski definition) is 2. The smallest absolute Gasteiger partial charge is 0.136 e. The van der Waals surface area contributed by atoms with Crippen molar-refractivity contribution in [2.24, 2.45) is 5.73 Å². The largest absolute Gasteiger partial charge is 0.495 e. The fourth-order valence-electron chi connectivity index (χ4n) is 3.05. The fraction of sp³-hybridized carbons (Fsp3) is 0.625. The number of methoxy groups -OCH3 is 1. The van der Waals surface area contributed by atoms with Crippen molar-refractivity contribution in [1.29, 1.82) is 0 Å². The van der Waals surface area contributed by atoms with Gasteiger partial charge in [0.25, 0.3) is 0 Å². The fourth-order valence-corrected chi connectivity index (χ4v) is 3.73. The summed E-state index contributed by atoms with van der Waals surface area (Å²) in [7, 11) is 1.77. The van der Waals surface area contributed by atoms with Crippen LogP contribution in [0.15, 0.2) is 16.6 Å². The molecule has 0 spiro atoms. The van der Waals surface area contributed by atoms with E-state index in [9.17, 15) is 0 Å². The van der Waals surface area contributed by atoms with E-state index in [1.165, 1.54) is 43.2 Å². The van der Waals surface area contributed by atoms with Gasteiger partial charge < -0.3 is 10.5 Å². The Balaban J connectivity index is 2.22. The van der Waals surface area contributed by atoms with Crippen molar-refractivity contribution < 1.29 is 4.74 Å². The Bertz CT molecular complexity index is 413. The minimum Gasteiger partial charge on any atom is -0.495 e. The third-order valence-corrected chi connectivity index (χ3v) is 4.64. The second-order valence-electron chi connectivity index (χ2n) is 5.43. The molecule has 0 aliphatic heterocycles. The van der Waals surface area contributed by atoms with Crippen LogP contribution in [-0.4, -0.2) is 13.7 Å². The standard InChI is InChI=1S/C16H24BrNO/c1-19-16-14(13-7-2-3-8-13)10-12(11-15(16)17)6-4-5-9-18/h10-11,13H,2-9,18H2,1H3. The molecule has 1 saturated carbocycles. The van der Waals surface area contributed by atoms with Gasteiger partial charge in [-0.05, 0) is 77.7 Å². The molecule has 1 aromatic rings. The maximum absolute atomic E-state index is 5.60. The molecule has 19 heavy (non-hydrogen) atoms. The summed E-state index contributed by atoms with van der Waals surface area (Å²) >= 11 is 3.66. The summed E-state index contributed by atoms with van der Waals surface area (Å²) in [6.45, 7) is 0.785. The molecular weight excluding hydrogens is 302 g/mol. The molecule has 0 atom stereocenters. The van der Waals surface area contributed by atoms with Crippen molar-refractivity contribution in [2.45, 2.75) is 50.9 Å². The number of benzene rings is 1. The third kappa shape index (κ3) is 3.73. The van der Waals surface area contributed by atoms with E-state index in [-0.39, 0.29) is 0 Å². The molecule has 1 fully saturated rings. The summed E-state index contributed by atoms with van der Waals surface area (Å²) in [6, 6.07) is 4.56. The number of nitrogens with two attached hydrogens (primary N) is 1. The first-order chi connectivity index (χ1) is 9.26. The van der Waals surface area contributed by atoms with Crippen LogP contribution in [0.4, 0.5) is 0 Å². The van der Waals surface area contributed by atoms with Gasteiger partial charge in [-0.2, -0.15) is 0 Å². The highest BCUT2D eigenvalue weighted by molar-refractivity contribution is 9.10. The monoisotopic (exact) mass is 325 g/mol. The van der Waals surface area contributed by atoms with Crippen LogP contribution in [0.1, 0.15) is 55.6 Å². The normalized spacial score (nSPS) is 15.9. The molecule has 0 aromatic heterocycles. The van der Waals surface area contributed by atoms with Crippen molar-refractivity contribution in [2.75, 3.05) is 13.7 Å². The van der Waals surface area contributed by atoms with E-state index in [4.69, 9.17) is 10.5 Å². The quantitative estimate of drug-likeness (QED) is 0.787. The SMILES string of the molecule is COc1c(Br)cc(CCCCN)cc1C1CCCC1. The van der Waals surface area contributed by atoms with E-state index in [2.05, 4.69) is 28.1 Å². The van der Waals surface area contributed by atoms with Crippen LogP contribution < -0.4 is 10.5 Å². The Hall–Kier alpha value is -0.540. The topological polar surface area (TPSA) is 35.2 Å². The Morgan fingerprint density at radius 2 is 2.00 bits per heavy atom. The summed E-state index contributed by atoms with van der Waals surface area (Å²) < 4.78 is 6.70. The highest BCUT2D eigenvalue weighted by atomic mass is 79.9. The number of hydrogen-bond donors (Lipinski definition) is 1. The lowest BCUT2D eigenvalue weighted by atomic mass is 9.93. The molecule has 106 valence electrons. The Kier molecular flexibility index (Phi) is 5.71. The van der Waals surface area contributed by atoms with Crippen LogP contribution in [0.3, 0.4) is 0 Å². The predicted octanol–water partition coefficient (Wildman–Crippen LogP) is 4.40. The zero-order valence-electron chi connectivity index (χ0n) is 11.8. The minimum atomic E-state index is 0.681. The van der Waals surface area contributed by atoms with E-state index in [0.29, 0.717) is 5.92 Å². The molecule has 1 aliphatic carbocycles. The van der Waals surface area contributed by atoms with Crippen molar-refractivity contribution >= 4 is 15.9 Å². The summed E-state index contributed by atoms with van der Waals surface area (Å²) in [4.78, 5) is 0. The lowest BCUT2D eigenvalue weighted by Crippen LogP contribution is -2.02. The molecule has 0 heterocycles. The number of rotatable bonds is 6. The predicted molar refractivity (Wildman–Crippen MR) is 83.9 cm³/mol. The van der Waals surface area contributed by atoms with Crippen molar-refractivity contribution in [3.05, 3.63) is 27.7 Å². The van der Waals surface area contributed by atoms with E-state index in [1.807, 2.05) is 0 Å². The lowest BCUT2D eigenvalue weighted by Gasteiger charge is -2.17. The Labute approximate surface area is 124 Å². The molecular formula is C16H24BrNO. The van der Waals surface area contributed by atoms with E-state index in [1.54, 1.807) is 7.11 Å². The molecule has 0 amide bonds. The number of unbranched alkanes of at least 4 members (excludes halogenated alkanes) is 1. The molecule has 3 heteroatoms. The lowest BCUT2D eigenvalue weighted by molar-refractivity contribution is 0.402. The van der Waals surface area contributed by atoms with Crippen LogP contribution in [0.2, 0.25) is 0 Å². The van der Waals surface area contributed by atoms with Crippen LogP contribution in [0.5, 0.6) is 5.75 Å². The number of halogens is 1. The average molecular weight is 326 g/mol. The zero-order chi connectivity index (χ0) is 13.7.